The van der Waals surface area contributed by atoms with Crippen LogP contribution in [0.5, 0.6) is 0 Å². The lowest BCUT2D eigenvalue weighted by atomic mass is 10.1. The van der Waals surface area contributed by atoms with Gasteiger partial charge in [0, 0.05) is 31.3 Å². The molecule has 0 heterocycles. The van der Waals surface area contributed by atoms with Crippen LogP contribution >= 0.6 is 0 Å². The van der Waals surface area contributed by atoms with E-state index in [4.69, 9.17) is 4.74 Å². The fraction of sp³-hybridized carbons (Fsp3) is 0.273. The number of esters is 1. The summed E-state index contributed by atoms with van der Waals surface area (Å²) in [6, 6.07) is 13.8. The van der Waals surface area contributed by atoms with Crippen molar-refractivity contribution in [1.82, 2.24) is 4.90 Å². The number of carbonyl (C=O) groups is 2. The van der Waals surface area contributed by atoms with Crippen LogP contribution in [-0.4, -0.2) is 34.9 Å². The van der Waals surface area contributed by atoms with E-state index in [9.17, 15) is 19.7 Å². The monoisotopic (exact) mass is 396 g/mol. The van der Waals surface area contributed by atoms with Crippen molar-refractivity contribution in [3.05, 3.63) is 81.4 Å². The Hall–Kier alpha value is -3.48. The highest BCUT2D eigenvalue weighted by atomic mass is 16.6. The predicted molar refractivity (Wildman–Crippen MR) is 110 cm³/mol. The van der Waals surface area contributed by atoms with Gasteiger partial charge < -0.3 is 9.64 Å². The van der Waals surface area contributed by atoms with Crippen LogP contribution < -0.4 is 0 Å². The molecule has 0 aliphatic heterocycles. The zero-order chi connectivity index (χ0) is 21.2. The number of nitrogens with zero attached hydrogens (tertiary/aromatic N) is 2. The lowest BCUT2D eigenvalue weighted by Gasteiger charge is -2.22. The number of hydrogen-bond donors (Lipinski definition) is 0. The van der Waals surface area contributed by atoms with Crippen LogP contribution in [0.15, 0.2) is 54.6 Å². The molecule has 0 aromatic heterocycles. The summed E-state index contributed by atoms with van der Waals surface area (Å²) in [5.74, 6) is -0.957. The van der Waals surface area contributed by atoms with E-state index in [1.807, 2.05) is 38.1 Å². The van der Waals surface area contributed by atoms with E-state index < -0.39 is 10.9 Å². The van der Waals surface area contributed by atoms with Crippen molar-refractivity contribution in [3.63, 3.8) is 0 Å². The van der Waals surface area contributed by atoms with Crippen molar-refractivity contribution in [3.8, 4) is 0 Å². The average molecular weight is 396 g/mol. The molecular weight excluding hydrogens is 372 g/mol. The highest BCUT2D eigenvalue weighted by Gasteiger charge is 2.15. The third-order valence-electron chi connectivity index (χ3n) is 4.17. The second-order valence-corrected chi connectivity index (χ2v) is 6.59. The summed E-state index contributed by atoms with van der Waals surface area (Å²) in [5, 5.41) is 10.8. The fourth-order valence-corrected chi connectivity index (χ4v) is 2.65. The van der Waals surface area contributed by atoms with Crippen LogP contribution in [0.3, 0.4) is 0 Å². The first-order chi connectivity index (χ1) is 13.9. The molecule has 7 nitrogen and oxygen atoms in total. The Morgan fingerprint density at radius 2 is 1.90 bits per heavy atom. The van der Waals surface area contributed by atoms with Crippen molar-refractivity contribution in [2.45, 2.75) is 26.8 Å². The molecule has 0 N–H and O–H groups in total. The first-order valence-electron chi connectivity index (χ1n) is 9.31. The minimum Gasteiger partial charge on any atom is -0.452 e. The number of benzene rings is 2. The molecule has 7 heteroatoms. The molecule has 0 fully saturated rings. The SMILES string of the molecule is CCCN(Cc1ccc(C)cc1)C(=O)COC(=O)/C=C/c1cccc([N+](=O)[O-])c1. The van der Waals surface area contributed by atoms with E-state index in [-0.39, 0.29) is 18.2 Å². The molecule has 0 radical (unpaired) electrons. The minimum atomic E-state index is -0.684. The Kier molecular flexibility index (Phi) is 8.09. The van der Waals surface area contributed by atoms with Gasteiger partial charge in [0.25, 0.3) is 11.6 Å². The van der Waals surface area contributed by atoms with E-state index in [2.05, 4.69) is 0 Å². The number of nitro benzene ring substituents is 1. The minimum absolute atomic E-state index is 0.0676. The van der Waals surface area contributed by atoms with E-state index >= 15 is 0 Å². The van der Waals surface area contributed by atoms with Crippen LogP contribution in [-0.2, 0) is 20.9 Å². The van der Waals surface area contributed by atoms with E-state index in [1.54, 1.807) is 11.0 Å². The number of non-ortho nitro benzene ring substituents is 1. The first kappa shape index (κ1) is 21.8. The van der Waals surface area contributed by atoms with Gasteiger partial charge in [0.15, 0.2) is 6.61 Å². The standard InChI is InChI=1S/C22H24N2O5/c1-3-13-23(15-19-9-7-17(2)8-10-19)21(25)16-29-22(26)12-11-18-5-4-6-20(14-18)24(27)28/h4-12,14H,3,13,15-16H2,1-2H3/b12-11+. The van der Waals surface area contributed by atoms with E-state index in [1.165, 1.54) is 24.3 Å². The van der Waals surface area contributed by atoms with Crippen LogP contribution in [0, 0.1) is 17.0 Å². The number of amides is 1. The summed E-state index contributed by atoms with van der Waals surface area (Å²) in [4.78, 5) is 36.3. The topological polar surface area (TPSA) is 89.8 Å². The highest BCUT2D eigenvalue weighted by molar-refractivity contribution is 5.89. The molecule has 0 unspecified atom stereocenters. The zero-order valence-electron chi connectivity index (χ0n) is 16.5. The Bertz CT molecular complexity index is 890. The first-order valence-corrected chi connectivity index (χ1v) is 9.31. The average Bonchev–Trinajstić information content (AvgIpc) is 2.72. The van der Waals surface area contributed by atoms with Gasteiger partial charge in [-0.15, -0.1) is 0 Å². The molecule has 0 atom stereocenters. The molecule has 2 rings (SSSR count). The van der Waals surface area contributed by atoms with Crippen LogP contribution in [0.25, 0.3) is 6.08 Å². The molecule has 0 saturated carbocycles. The molecule has 2 aromatic rings. The zero-order valence-corrected chi connectivity index (χ0v) is 16.5. The fourth-order valence-electron chi connectivity index (χ4n) is 2.65. The van der Waals surface area contributed by atoms with Crippen LogP contribution in [0.4, 0.5) is 5.69 Å². The van der Waals surface area contributed by atoms with Gasteiger partial charge in [0.05, 0.1) is 4.92 Å². The van der Waals surface area contributed by atoms with Gasteiger partial charge in [-0.2, -0.15) is 0 Å². The molecule has 0 aliphatic rings. The van der Waals surface area contributed by atoms with Crippen LogP contribution in [0.1, 0.15) is 30.0 Å². The predicted octanol–water partition coefficient (Wildman–Crippen LogP) is 3.90. The highest BCUT2D eigenvalue weighted by Crippen LogP contribution is 2.14. The number of ether oxygens (including phenoxy) is 1. The molecule has 0 saturated heterocycles. The van der Waals surface area contributed by atoms with Crippen molar-refractivity contribution in [1.29, 1.82) is 0 Å². The largest absolute Gasteiger partial charge is 0.452 e. The second-order valence-electron chi connectivity index (χ2n) is 6.59. The lowest BCUT2D eigenvalue weighted by molar-refractivity contribution is -0.384. The van der Waals surface area contributed by atoms with Gasteiger partial charge in [-0.05, 0) is 30.5 Å². The Morgan fingerprint density at radius 1 is 1.17 bits per heavy atom. The number of rotatable bonds is 9. The summed E-state index contributed by atoms with van der Waals surface area (Å²) < 4.78 is 5.04. The molecule has 0 spiro atoms. The maximum atomic E-state index is 12.5. The molecule has 152 valence electrons. The second kappa shape index (κ2) is 10.8. The normalized spacial score (nSPS) is 10.7. The third-order valence-corrected chi connectivity index (χ3v) is 4.17. The maximum absolute atomic E-state index is 12.5. The summed E-state index contributed by atoms with van der Waals surface area (Å²) in [5.41, 5.74) is 2.58. The van der Waals surface area contributed by atoms with Crippen molar-refractivity contribution < 1.29 is 19.2 Å². The van der Waals surface area contributed by atoms with Gasteiger partial charge in [-0.3, -0.25) is 14.9 Å². The number of carbonyl (C=O) groups excluding carboxylic acids is 2. The van der Waals surface area contributed by atoms with Gasteiger partial charge in [0.1, 0.15) is 0 Å². The van der Waals surface area contributed by atoms with Crippen molar-refractivity contribution >= 4 is 23.6 Å². The Labute approximate surface area is 169 Å². The molecular formula is C22H24N2O5. The third kappa shape index (κ3) is 7.21. The number of hydrogen-bond acceptors (Lipinski definition) is 5. The summed E-state index contributed by atoms with van der Waals surface area (Å²) in [6.45, 7) is 4.63. The molecule has 0 bridgehead atoms. The number of nitro groups is 1. The molecule has 0 aliphatic carbocycles. The summed E-state index contributed by atoms with van der Waals surface area (Å²) in [6.07, 6.45) is 3.35. The van der Waals surface area contributed by atoms with Gasteiger partial charge in [-0.25, -0.2) is 4.79 Å². The Morgan fingerprint density at radius 3 is 2.55 bits per heavy atom. The smallest absolute Gasteiger partial charge is 0.331 e. The van der Waals surface area contributed by atoms with Crippen molar-refractivity contribution in [2.75, 3.05) is 13.2 Å². The van der Waals surface area contributed by atoms with Gasteiger partial charge in [-0.1, -0.05) is 48.9 Å². The van der Waals surface area contributed by atoms with E-state index in [0.29, 0.717) is 18.7 Å². The molecule has 1 amide bonds. The quantitative estimate of drug-likeness (QED) is 0.278. The van der Waals surface area contributed by atoms with E-state index in [0.717, 1.165) is 23.6 Å². The maximum Gasteiger partial charge on any atom is 0.331 e. The lowest BCUT2D eigenvalue weighted by Crippen LogP contribution is -2.34. The summed E-state index contributed by atoms with van der Waals surface area (Å²) in [7, 11) is 0. The molecule has 29 heavy (non-hydrogen) atoms. The van der Waals surface area contributed by atoms with Gasteiger partial charge in [0.2, 0.25) is 0 Å². The van der Waals surface area contributed by atoms with Crippen LogP contribution in [0.2, 0.25) is 0 Å². The Balaban J connectivity index is 1.91. The summed E-state index contributed by atoms with van der Waals surface area (Å²) >= 11 is 0. The van der Waals surface area contributed by atoms with Crippen molar-refractivity contribution in [2.24, 2.45) is 0 Å². The van der Waals surface area contributed by atoms with Gasteiger partial charge >= 0.3 is 5.97 Å². The number of aryl methyl sites for hydroxylation is 1. The molecule has 2 aromatic carbocycles.